The van der Waals surface area contributed by atoms with Gasteiger partial charge in [0.15, 0.2) is 11.5 Å². The summed E-state index contributed by atoms with van der Waals surface area (Å²) in [6.45, 7) is 1.03. The van der Waals surface area contributed by atoms with Crippen LogP contribution in [0.15, 0.2) is 61.1 Å². The Hall–Kier alpha value is -3.61. The van der Waals surface area contributed by atoms with Crippen LogP contribution < -0.4 is 20.1 Å². The molecule has 0 atom stereocenters. The van der Waals surface area contributed by atoms with Crippen LogP contribution in [-0.4, -0.2) is 30.1 Å². The third kappa shape index (κ3) is 4.97. The molecule has 28 heavy (non-hydrogen) atoms. The first-order chi connectivity index (χ1) is 13.7. The van der Waals surface area contributed by atoms with Crippen molar-refractivity contribution in [1.82, 2.24) is 15.3 Å². The van der Waals surface area contributed by atoms with Gasteiger partial charge < -0.3 is 20.1 Å². The SMILES string of the molecule is COc1ccc(CNc2ccc(C(=O)NCc3ccncc3)nc2)cc1OC. The van der Waals surface area contributed by atoms with Gasteiger partial charge in [0.1, 0.15) is 5.69 Å². The van der Waals surface area contributed by atoms with E-state index in [4.69, 9.17) is 9.47 Å². The molecule has 2 N–H and O–H groups in total. The first-order valence-corrected chi connectivity index (χ1v) is 8.77. The Morgan fingerprint density at radius 3 is 2.39 bits per heavy atom. The van der Waals surface area contributed by atoms with E-state index in [-0.39, 0.29) is 5.91 Å². The summed E-state index contributed by atoms with van der Waals surface area (Å²) in [5, 5.41) is 6.12. The molecule has 2 aromatic heterocycles. The molecule has 2 heterocycles. The number of methoxy groups -OCH3 is 2. The minimum Gasteiger partial charge on any atom is -0.493 e. The largest absolute Gasteiger partial charge is 0.493 e. The van der Waals surface area contributed by atoms with Gasteiger partial charge in [-0.15, -0.1) is 0 Å². The summed E-state index contributed by atoms with van der Waals surface area (Å²) in [4.78, 5) is 20.4. The number of pyridine rings is 2. The van der Waals surface area contributed by atoms with Gasteiger partial charge in [-0.1, -0.05) is 6.07 Å². The van der Waals surface area contributed by atoms with Crippen molar-refractivity contribution < 1.29 is 14.3 Å². The van der Waals surface area contributed by atoms with E-state index in [0.29, 0.717) is 30.3 Å². The molecule has 0 aliphatic rings. The number of nitrogens with one attached hydrogen (secondary N) is 2. The number of hydrogen-bond acceptors (Lipinski definition) is 6. The summed E-state index contributed by atoms with van der Waals surface area (Å²) in [7, 11) is 3.22. The third-order valence-corrected chi connectivity index (χ3v) is 4.14. The van der Waals surface area contributed by atoms with Crippen molar-refractivity contribution in [3.8, 4) is 11.5 Å². The fourth-order valence-corrected chi connectivity index (χ4v) is 2.60. The summed E-state index contributed by atoms with van der Waals surface area (Å²) in [5.41, 5.74) is 3.21. The van der Waals surface area contributed by atoms with Crippen LogP contribution >= 0.6 is 0 Å². The van der Waals surface area contributed by atoms with Crippen molar-refractivity contribution in [2.24, 2.45) is 0 Å². The zero-order chi connectivity index (χ0) is 19.8. The van der Waals surface area contributed by atoms with Crippen molar-refractivity contribution in [3.05, 3.63) is 77.9 Å². The average Bonchev–Trinajstić information content (AvgIpc) is 2.76. The molecule has 0 unspecified atom stereocenters. The van der Waals surface area contributed by atoms with Crippen LogP contribution in [0.3, 0.4) is 0 Å². The zero-order valence-corrected chi connectivity index (χ0v) is 15.8. The molecule has 0 spiro atoms. The molecule has 7 heteroatoms. The predicted molar refractivity (Wildman–Crippen MR) is 107 cm³/mol. The number of anilines is 1. The second-order valence-corrected chi connectivity index (χ2v) is 6.01. The molecule has 0 bridgehead atoms. The van der Waals surface area contributed by atoms with Gasteiger partial charge in [-0.25, -0.2) is 4.98 Å². The number of carbonyl (C=O) groups is 1. The molecule has 0 saturated heterocycles. The van der Waals surface area contributed by atoms with Crippen LogP contribution in [0.2, 0.25) is 0 Å². The Balaban J connectivity index is 1.55. The molecule has 7 nitrogen and oxygen atoms in total. The monoisotopic (exact) mass is 378 g/mol. The fraction of sp³-hybridized carbons (Fsp3) is 0.190. The van der Waals surface area contributed by atoms with Gasteiger partial charge in [0.25, 0.3) is 5.91 Å². The molecule has 1 amide bonds. The molecule has 0 aliphatic heterocycles. The van der Waals surface area contributed by atoms with E-state index in [2.05, 4.69) is 20.6 Å². The van der Waals surface area contributed by atoms with Crippen LogP contribution in [0, 0.1) is 0 Å². The smallest absolute Gasteiger partial charge is 0.270 e. The van der Waals surface area contributed by atoms with Gasteiger partial charge in [-0.05, 0) is 47.5 Å². The van der Waals surface area contributed by atoms with Crippen molar-refractivity contribution >= 4 is 11.6 Å². The lowest BCUT2D eigenvalue weighted by Crippen LogP contribution is -2.23. The average molecular weight is 378 g/mol. The standard InChI is InChI=1S/C21H22N4O3/c1-27-19-6-3-16(11-20(19)28-2)13-23-17-4-5-18(24-14-17)21(26)25-12-15-7-9-22-10-8-15/h3-11,14,23H,12-13H2,1-2H3,(H,25,26). The van der Waals surface area contributed by atoms with Crippen LogP contribution in [0.1, 0.15) is 21.6 Å². The number of aromatic nitrogens is 2. The van der Waals surface area contributed by atoms with Crippen molar-refractivity contribution in [2.75, 3.05) is 19.5 Å². The highest BCUT2D eigenvalue weighted by atomic mass is 16.5. The Morgan fingerprint density at radius 1 is 0.929 bits per heavy atom. The van der Waals surface area contributed by atoms with Gasteiger partial charge in [0.05, 0.1) is 26.1 Å². The Kier molecular flexibility index (Phi) is 6.41. The Bertz CT molecular complexity index is 915. The molecular formula is C21H22N4O3. The normalized spacial score (nSPS) is 10.2. The van der Waals surface area contributed by atoms with E-state index in [1.54, 1.807) is 38.9 Å². The van der Waals surface area contributed by atoms with Crippen molar-refractivity contribution in [2.45, 2.75) is 13.1 Å². The molecular weight excluding hydrogens is 356 g/mol. The lowest BCUT2D eigenvalue weighted by atomic mass is 10.2. The summed E-state index contributed by atoms with van der Waals surface area (Å²) < 4.78 is 10.6. The van der Waals surface area contributed by atoms with Crippen LogP contribution in [0.5, 0.6) is 11.5 Å². The molecule has 1 aromatic carbocycles. The number of benzene rings is 1. The number of amides is 1. The number of carbonyl (C=O) groups excluding carboxylic acids is 1. The number of hydrogen-bond donors (Lipinski definition) is 2. The first-order valence-electron chi connectivity index (χ1n) is 8.77. The highest BCUT2D eigenvalue weighted by molar-refractivity contribution is 5.92. The van der Waals surface area contributed by atoms with E-state index < -0.39 is 0 Å². The highest BCUT2D eigenvalue weighted by Crippen LogP contribution is 2.27. The molecule has 0 saturated carbocycles. The second-order valence-electron chi connectivity index (χ2n) is 6.01. The Labute approximate surface area is 163 Å². The minimum absolute atomic E-state index is 0.219. The molecule has 3 aromatic rings. The van der Waals surface area contributed by atoms with E-state index in [9.17, 15) is 4.79 Å². The maximum Gasteiger partial charge on any atom is 0.270 e. The number of ether oxygens (including phenoxy) is 2. The fourth-order valence-electron chi connectivity index (χ4n) is 2.60. The minimum atomic E-state index is -0.219. The summed E-state index contributed by atoms with van der Waals surface area (Å²) in [5.74, 6) is 1.15. The summed E-state index contributed by atoms with van der Waals surface area (Å²) >= 11 is 0. The molecule has 3 rings (SSSR count). The van der Waals surface area contributed by atoms with E-state index in [1.165, 1.54) is 0 Å². The highest BCUT2D eigenvalue weighted by Gasteiger charge is 2.08. The van der Waals surface area contributed by atoms with E-state index in [1.807, 2.05) is 36.4 Å². The maximum absolute atomic E-state index is 12.2. The van der Waals surface area contributed by atoms with Crippen molar-refractivity contribution in [3.63, 3.8) is 0 Å². The van der Waals surface area contributed by atoms with E-state index in [0.717, 1.165) is 16.8 Å². The third-order valence-electron chi connectivity index (χ3n) is 4.14. The van der Waals surface area contributed by atoms with Gasteiger partial charge in [0.2, 0.25) is 0 Å². The number of nitrogens with zero attached hydrogens (tertiary/aromatic N) is 2. The van der Waals surface area contributed by atoms with E-state index >= 15 is 0 Å². The maximum atomic E-state index is 12.2. The lowest BCUT2D eigenvalue weighted by molar-refractivity contribution is 0.0946. The van der Waals surface area contributed by atoms with Gasteiger partial charge in [-0.3, -0.25) is 9.78 Å². The first kappa shape index (κ1) is 19.2. The summed E-state index contributed by atoms with van der Waals surface area (Å²) in [6, 6.07) is 13.0. The zero-order valence-electron chi connectivity index (χ0n) is 15.8. The van der Waals surface area contributed by atoms with Crippen molar-refractivity contribution in [1.29, 1.82) is 0 Å². The van der Waals surface area contributed by atoms with Gasteiger partial charge >= 0.3 is 0 Å². The Morgan fingerprint density at radius 2 is 1.71 bits per heavy atom. The van der Waals surface area contributed by atoms with Gasteiger partial charge in [0, 0.05) is 25.5 Å². The molecule has 0 radical (unpaired) electrons. The second kappa shape index (κ2) is 9.36. The summed E-state index contributed by atoms with van der Waals surface area (Å²) in [6.07, 6.45) is 5.03. The lowest BCUT2D eigenvalue weighted by Gasteiger charge is -2.11. The quantitative estimate of drug-likeness (QED) is 0.627. The topological polar surface area (TPSA) is 85.4 Å². The molecule has 144 valence electrons. The van der Waals surface area contributed by atoms with Crippen LogP contribution in [0.25, 0.3) is 0 Å². The van der Waals surface area contributed by atoms with Gasteiger partial charge in [-0.2, -0.15) is 0 Å². The number of rotatable bonds is 8. The molecule has 0 aliphatic carbocycles. The van der Waals surface area contributed by atoms with Crippen LogP contribution in [0.4, 0.5) is 5.69 Å². The predicted octanol–water partition coefficient (Wildman–Crippen LogP) is 3.04. The van der Waals surface area contributed by atoms with Crippen LogP contribution in [-0.2, 0) is 13.1 Å². The molecule has 0 fully saturated rings.